The van der Waals surface area contributed by atoms with Crippen LogP contribution in [0.2, 0.25) is 0 Å². The SMILES string of the molecule is CCC1OCCCC1C(=O)N1CCN(Cc2ccncc2)CC1. The van der Waals surface area contributed by atoms with Crippen molar-refractivity contribution in [1.82, 2.24) is 14.8 Å². The molecule has 2 unspecified atom stereocenters. The Hall–Kier alpha value is -1.46. The first-order valence-corrected chi connectivity index (χ1v) is 8.79. The van der Waals surface area contributed by atoms with Crippen molar-refractivity contribution in [2.24, 2.45) is 5.92 Å². The van der Waals surface area contributed by atoms with Gasteiger partial charge in [-0.05, 0) is 37.0 Å². The first-order valence-electron chi connectivity index (χ1n) is 8.79. The van der Waals surface area contributed by atoms with Gasteiger partial charge in [0.1, 0.15) is 0 Å². The first-order chi connectivity index (χ1) is 11.3. The molecular weight excluding hydrogens is 290 g/mol. The number of aromatic nitrogens is 1. The third-order valence-electron chi connectivity index (χ3n) is 5.00. The summed E-state index contributed by atoms with van der Waals surface area (Å²) < 4.78 is 5.79. The number of amides is 1. The second kappa shape index (κ2) is 7.88. The molecule has 3 rings (SSSR count). The molecule has 0 spiro atoms. The van der Waals surface area contributed by atoms with Crippen LogP contribution >= 0.6 is 0 Å². The Morgan fingerprint density at radius 3 is 2.70 bits per heavy atom. The van der Waals surface area contributed by atoms with E-state index in [1.54, 1.807) is 0 Å². The maximum Gasteiger partial charge on any atom is 0.228 e. The molecule has 23 heavy (non-hydrogen) atoms. The average molecular weight is 317 g/mol. The van der Waals surface area contributed by atoms with Crippen molar-refractivity contribution in [2.75, 3.05) is 32.8 Å². The predicted molar refractivity (Wildman–Crippen MR) is 88.8 cm³/mol. The lowest BCUT2D eigenvalue weighted by Gasteiger charge is -2.39. The number of carbonyl (C=O) groups excluding carboxylic acids is 1. The van der Waals surface area contributed by atoms with Gasteiger partial charge in [0.05, 0.1) is 12.0 Å². The third kappa shape index (κ3) is 4.09. The summed E-state index contributed by atoms with van der Waals surface area (Å²) >= 11 is 0. The van der Waals surface area contributed by atoms with E-state index in [4.69, 9.17) is 4.74 Å². The zero-order chi connectivity index (χ0) is 16.1. The Bertz CT molecular complexity index is 500. The van der Waals surface area contributed by atoms with E-state index in [0.29, 0.717) is 5.91 Å². The molecule has 0 bridgehead atoms. The van der Waals surface area contributed by atoms with Crippen molar-refractivity contribution in [3.8, 4) is 0 Å². The Morgan fingerprint density at radius 2 is 2.00 bits per heavy atom. The molecule has 5 nitrogen and oxygen atoms in total. The van der Waals surface area contributed by atoms with Gasteiger partial charge in [0.2, 0.25) is 5.91 Å². The van der Waals surface area contributed by atoms with Crippen molar-refractivity contribution in [3.63, 3.8) is 0 Å². The van der Waals surface area contributed by atoms with Gasteiger partial charge in [0.15, 0.2) is 0 Å². The molecule has 3 heterocycles. The van der Waals surface area contributed by atoms with Crippen LogP contribution in [0.5, 0.6) is 0 Å². The predicted octanol–water partition coefficient (Wildman–Crippen LogP) is 1.93. The molecule has 1 amide bonds. The summed E-state index contributed by atoms with van der Waals surface area (Å²) in [5.74, 6) is 0.376. The molecule has 2 aliphatic heterocycles. The lowest BCUT2D eigenvalue weighted by molar-refractivity contribution is -0.147. The normalized spacial score (nSPS) is 26.2. The lowest BCUT2D eigenvalue weighted by atomic mass is 9.91. The van der Waals surface area contributed by atoms with E-state index < -0.39 is 0 Å². The molecule has 0 saturated carbocycles. The van der Waals surface area contributed by atoms with E-state index >= 15 is 0 Å². The van der Waals surface area contributed by atoms with Crippen LogP contribution in [0, 0.1) is 5.92 Å². The molecule has 0 aromatic carbocycles. The second-order valence-electron chi connectivity index (χ2n) is 6.52. The number of piperazine rings is 1. The molecule has 126 valence electrons. The van der Waals surface area contributed by atoms with Gasteiger partial charge in [-0.1, -0.05) is 6.92 Å². The van der Waals surface area contributed by atoms with Crippen LogP contribution in [0.3, 0.4) is 0 Å². The summed E-state index contributed by atoms with van der Waals surface area (Å²) in [5.41, 5.74) is 1.28. The van der Waals surface area contributed by atoms with Crippen LogP contribution in [0.4, 0.5) is 0 Å². The molecule has 0 aliphatic carbocycles. The smallest absolute Gasteiger partial charge is 0.228 e. The second-order valence-corrected chi connectivity index (χ2v) is 6.52. The number of rotatable bonds is 4. The molecule has 1 aromatic rings. The molecular formula is C18H27N3O2. The van der Waals surface area contributed by atoms with Crippen LogP contribution in [0.1, 0.15) is 31.7 Å². The molecule has 2 atom stereocenters. The van der Waals surface area contributed by atoms with E-state index in [1.165, 1.54) is 5.56 Å². The summed E-state index contributed by atoms with van der Waals surface area (Å²) in [6.07, 6.45) is 6.71. The largest absolute Gasteiger partial charge is 0.377 e. The van der Waals surface area contributed by atoms with Crippen LogP contribution < -0.4 is 0 Å². The molecule has 0 N–H and O–H groups in total. The maximum atomic E-state index is 12.8. The minimum atomic E-state index is 0.0699. The molecule has 2 aliphatic rings. The highest BCUT2D eigenvalue weighted by atomic mass is 16.5. The topological polar surface area (TPSA) is 45.7 Å². The molecule has 2 saturated heterocycles. The minimum absolute atomic E-state index is 0.0699. The van der Waals surface area contributed by atoms with Crippen molar-refractivity contribution < 1.29 is 9.53 Å². The number of carbonyl (C=O) groups is 1. The number of hydrogen-bond donors (Lipinski definition) is 0. The van der Waals surface area contributed by atoms with Crippen LogP contribution in [-0.4, -0.2) is 59.6 Å². The summed E-state index contributed by atoms with van der Waals surface area (Å²) in [7, 11) is 0. The van der Waals surface area contributed by atoms with Gasteiger partial charge < -0.3 is 9.64 Å². The average Bonchev–Trinajstić information content (AvgIpc) is 2.62. The van der Waals surface area contributed by atoms with E-state index in [2.05, 4.69) is 28.9 Å². The minimum Gasteiger partial charge on any atom is -0.377 e. The standard InChI is InChI=1S/C18H27N3O2/c1-2-17-16(4-3-13-23-17)18(22)21-11-9-20(10-12-21)14-15-5-7-19-8-6-15/h5-8,16-17H,2-4,9-14H2,1H3. The van der Waals surface area contributed by atoms with Crippen LogP contribution in [0.15, 0.2) is 24.5 Å². The van der Waals surface area contributed by atoms with Crippen molar-refractivity contribution in [1.29, 1.82) is 0 Å². The highest BCUT2D eigenvalue weighted by Crippen LogP contribution is 2.25. The number of ether oxygens (including phenoxy) is 1. The van der Waals surface area contributed by atoms with Crippen molar-refractivity contribution in [2.45, 2.75) is 38.8 Å². The summed E-state index contributed by atoms with van der Waals surface area (Å²) in [4.78, 5) is 21.3. The highest BCUT2D eigenvalue weighted by Gasteiger charge is 2.34. The van der Waals surface area contributed by atoms with Gasteiger partial charge in [0.25, 0.3) is 0 Å². The van der Waals surface area contributed by atoms with E-state index in [9.17, 15) is 4.79 Å². The third-order valence-corrected chi connectivity index (χ3v) is 5.00. The Labute approximate surface area is 138 Å². The summed E-state index contributed by atoms with van der Waals surface area (Å²) in [5, 5.41) is 0. The molecule has 1 aromatic heterocycles. The lowest BCUT2D eigenvalue weighted by Crippen LogP contribution is -2.52. The fourth-order valence-electron chi connectivity index (χ4n) is 3.63. The fourth-order valence-corrected chi connectivity index (χ4v) is 3.63. The van der Waals surface area contributed by atoms with Crippen molar-refractivity contribution in [3.05, 3.63) is 30.1 Å². The van der Waals surface area contributed by atoms with E-state index in [1.807, 2.05) is 17.3 Å². The number of pyridine rings is 1. The number of hydrogen-bond acceptors (Lipinski definition) is 4. The van der Waals surface area contributed by atoms with Gasteiger partial charge in [0, 0.05) is 51.7 Å². The van der Waals surface area contributed by atoms with Gasteiger partial charge in [-0.3, -0.25) is 14.7 Å². The zero-order valence-electron chi connectivity index (χ0n) is 14.0. The van der Waals surface area contributed by atoms with Crippen molar-refractivity contribution >= 4 is 5.91 Å². The zero-order valence-corrected chi connectivity index (χ0v) is 14.0. The Morgan fingerprint density at radius 1 is 1.26 bits per heavy atom. The Kier molecular flexibility index (Phi) is 5.62. The quantitative estimate of drug-likeness (QED) is 0.851. The van der Waals surface area contributed by atoms with Gasteiger partial charge in [-0.15, -0.1) is 0 Å². The molecule has 2 fully saturated rings. The van der Waals surface area contributed by atoms with Gasteiger partial charge >= 0.3 is 0 Å². The summed E-state index contributed by atoms with van der Waals surface area (Å²) in [6, 6.07) is 4.12. The molecule has 0 radical (unpaired) electrons. The summed E-state index contributed by atoms with van der Waals surface area (Å²) in [6.45, 7) is 7.41. The van der Waals surface area contributed by atoms with E-state index in [0.717, 1.165) is 58.6 Å². The molecule has 5 heteroatoms. The van der Waals surface area contributed by atoms with Crippen LogP contribution in [-0.2, 0) is 16.1 Å². The monoisotopic (exact) mass is 317 g/mol. The number of nitrogens with zero attached hydrogens (tertiary/aromatic N) is 3. The maximum absolute atomic E-state index is 12.8. The highest BCUT2D eigenvalue weighted by molar-refractivity contribution is 5.79. The van der Waals surface area contributed by atoms with Gasteiger partial charge in [-0.2, -0.15) is 0 Å². The van der Waals surface area contributed by atoms with Crippen LogP contribution in [0.25, 0.3) is 0 Å². The van der Waals surface area contributed by atoms with Gasteiger partial charge in [-0.25, -0.2) is 0 Å². The first kappa shape index (κ1) is 16.4. The Balaban J connectivity index is 1.51. The van der Waals surface area contributed by atoms with E-state index in [-0.39, 0.29) is 12.0 Å². The fraction of sp³-hybridized carbons (Fsp3) is 0.667.